The predicted octanol–water partition coefficient (Wildman–Crippen LogP) is -1.92. The van der Waals surface area contributed by atoms with Crippen LogP contribution in [0.25, 0.3) is 0 Å². The van der Waals surface area contributed by atoms with E-state index in [1.54, 1.807) is 5.01 Å². The van der Waals surface area contributed by atoms with Crippen LogP contribution in [-0.2, 0) is 23.8 Å². The van der Waals surface area contributed by atoms with Crippen LogP contribution in [0, 0.1) is 0 Å². The van der Waals surface area contributed by atoms with Crippen LogP contribution in [0.4, 0.5) is 0 Å². The van der Waals surface area contributed by atoms with E-state index in [1.807, 2.05) is 0 Å². The van der Waals surface area contributed by atoms with Gasteiger partial charge in [-0.25, -0.2) is 5.01 Å². The van der Waals surface area contributed by atoms with Crippen molar-refractivity contribution in [3.63, 3.8) is 0 Å². The van der Waals surface area contributed by atoms with Crippen LogP contribution in [0.5, 0.6) is 0 Å². The minimum Gasteiger partial charge on any atom is -0.379 e. The van der Waals surface area contributed by atoms with E-state index in [1.165, 1.54) is 14.2 Å². The summed E-state index contributed by atoms with van der Waals surface area (Å²) in [5, 5.41) is 4.06. The van der Waals surface area contributed by atoms with Crippen molar-refractivity contribution in [3.8, 4) is 0 Å². The summed E-state index contributed by atoms with van der Waals surface area (Å²) >= 11 is 0. The Morgan fingerprint density at radius 2 is 1.83 bits per heavy atom. The fraction of sp³-hybridized carbons (Fsp3) is 0.800. The van der Waals surface area contributed by atoms with Gasteiger partial charge in [-0.05, 0) is 0 Å². The van der Waals surface area contributed by atoms with Crippen molar-refractivity contribution in [3.05, 3.63) is 0 Å². The molecule has 1 aliphatic rings. The second-order valence-electron chi connectivity index (χ2n) is 3.65. The first-order valence-electron chi connectivity index (χ1n) is 5.64. The summed E-state index contributed by atoms with van der Waals surface area (Å²) in [5.74, 6) is -1.43. The molecule has 0 atom stereocenters. The molecule has 1 heterocycles. The van der Waals surface area contributed by atoms with Gasteiger partial charge in [0.25, 0.3) is 0 Å². The highest BCUT2D eigenvalue weighted by atomic mass is 16.7. The molecule has 18 heavy (non-hydrogen) atoms. The smallest absolute Gasteiger partial charge is 0.323 e. The van der Waals surface area contributed by atoms with Gasteiger partial charge in [-0.1, -0.05) is 0 Å². The molecule has 1 aliphatic heterocycles. The Hall–Kier alpha value is -1.22. The molecule has 0 aromatic rings. The number of ether oxygens (including phenoxy) is 3. The van der Waals surface area contributed by atoms with Gasteiger partial charge >= 0.3 is 11.8 Å². The Balaban J connectivity index is 2.25. The Bertz CT molecular complexity index is 277. The summed E-state index contributed by atoms with van der Waals surface area (Å²) in [4.78, 5) is 23.0. The van der Waals surface area contributed by atoms with Crippen molar-refractivity contribution in [2.75, 3.05) is 47.1 Å². The molecule has 2 N–H and O–H groups in total. The van der Waals surface area contributed by atoms with Crippen molar-refractivity contribution in [2.45, 2.75) is 6.29 Å². The quantitative estimate of drug-likeness (QED) is 0.443. The highest BCUT2D eigenvalue weighted by molar-refractivity contribution is 6.34. The van der Waals surface area contributed by atoms with Crippen molar-refractivity contribution in [1.82, 2.24) is 15.8 Å². The van der Waals surface area contributed by atoms with Crippen molar-refractivity contribution < 1.29 is 23.8 Å². The first-order valence-corrected chi connectivity index (χ1v) is 5.64. The lowest BCUT2D eigenvalue weighted by Gasteiger charge is -2.26. The normalized spacial score (nSPS) is 16.6. The third-order valence-corrected chi connectivity index (χ3v) is 2.43. The standard InChI is InChI=1S/C10H19N3O5/c1-16-8(17-2)7-11-9(14)10(15)12-13-3-5-18-6-4-13/h8H,3-7H2,1-2H3,(H,11,14)(H,12,15). The number of nitrogens with one attached hydrogen (secondary N) is 2. The van der Waals surface area contributed by atoms with Crippen LogP contribution in [-0.4, -0.2) is 70.2 Å². The summed E-state index contributed by atoms with van der Waals surface area (Å²) in [5.41, 5.74) is 2.50. The number of nitrogens with zero attached hydrogens (tertiary/aromatic N) is 1. The molecule has 0 saturated carbocycles. The summed E-state index contributed by atoms with van der Waals surface area (Å²) in [6, 6.07) is 0. The van der Waals surface area contributed by atoms with Gasteiger partial charge in [0.2, 0.25) is 0 Å². The lowest BCUT2D eigenvalue weighted by molar-refractivity contribution is -0.145. The fourth-order valence-electron chi connectivity index (χ4n) is 1.39. The molecule has 0 unspecified atom stereocenters. The number of rotatable bonds is 5. The molecule has 8 nitrogen and oxygen atoms in total. The van der Waals surface area contributed by atoms with Gasteiger partial charge in [-0.15, -0.1) is 0 Å². The van der Waals surface area contributed by atoms with Gasteiger partial charge < -0.3 is 19.5 Å². The van der Waals surface area contributed by atoms with E-state index in [0.29, 0.717) is 26.3 Å². The first-order chi connectivity index (χ1) is 8.67. The molecule has 0 spiro atoms. The molecule has 2 amide bonds. The molecule has 104 valence electrons. The van der Waals surface area contributed by atoms with Crippen LogP contribution in [0.15, 0.2) is 0 Å². The summed E-state index contributed by atoms with van der Waals surface area (Å²) in [6.45, 7) is 2.33. The molecule has 1 saturated heterocycles. The number of carbonyl (C=O) groups excluding carboxylic acids is 2. The number of methoxy groups -OCH3 is 2. The Labute approximate surface area is 106 Å². The zero-order valence-corrected chi connectivity index (χ0v) is 10.6. The molecule has 1 rings (SSSR count). The predicted molar refractivity (Wildman–Crippen MR) is 61.4 cm³/mol. The maximum atomic E-state index is 11.5. The van der Waals surface area contributed by atoms with Crippen LogP contribution in [0.3, 0.4) is 0 Å². The van der Waals surface area contributed by atoms with E-state index in [0.717, 1.165) is 0 Å². The zero-order chi connectivity index (χ0) is 13.4. The Kier molecular flexibility index (Phi) is 6.58. The lowest BCUT2D eigenvalue weighted by Crippen LogP contribution is -2.53. The molecular weight excluding hydrogens is 242 g/mol. The minimum absolute atomic E-state index is 0.113. The summed E-state index contributed by atoms with van der Waals surface area (Å²) in [7, 11) is 2.91. The molecule has 8 heteroatoms. The van der Waals surface area contributed by atoms with Crippen molar-refractivity contribution in [1.29, 1.82) is 0 Å². The van der Waals surface area contributed by atoms with E-state index in [2.05, 4.69) is 10.7 Å². The second kappa shape index (κ2) is 7.98. The Morgan fingerprint density at radius 1 is 1.22 bits per heavy atom. The van der Waals surface area contributed by atoms with Crippen LogP contribution < -0.4 is 10.7 Å². The topological polar surface area (TPSA) is 89.1 Å². The number of carbonyl (C=O) groups is 2. The maximum absolute atomic E-state index is 11.5. The van der Waals surface area contributed by atoms with Gasteiger partial charge in [-0.3, -0.25) is 15.0 Å². The number of hydrazine groups is 1. The van der Waals surface area contributed by atoms with Crippen molar-refractivity contribution in [2.24, 2.45) is 0 Å². The van der Waals surface area contributed by atoms with E-state index < -0.39 is 18.1 Å². The Morgan fingerprint density at radius 3 is 2.39 bits per heavy atom. The average Bonchev–Trinajstić information content (AvgIpc) is 2.40. The van der Waals surface area contributed by atoms with Crippen LogP contribution >= 0.6 is 0 Å². The van der Waals surface area contributed by atoms with Crippen LogP contribution in [0.1, 0.15) is 0 Å². The average molecular weight is 261 g/mol. The number of morpholine rings is 1. The van der Waals surface area contributed by atoms with Gasteiger partial charge in [0.05, 0.1) is 19.8 Å². The minimum atomic E-state index is -0.722. The number of amides is 2. The third kappa shape index (κ3) is 4.96. The largest absolute Gasteiger partial charge is 0.379 e. The van der Waals surface area contributed by atoms with Crippen molar-refractivity contribution >= 4 is 11.8 Å². The van der Waals surface area contributed by atoms with Gasteiger partial charge in [0.15, 0.2) is 6.29 Å². The maximum Gasteiger partial charge on any atom is 0.323 e. The van der Waals surface area contributed by atoms with Crippen LogP contribution in [0.2, 0.25) is 0 Å². The van der Waals surface area contributed by atoms with E-state index in [-0.39, 0.29) is 6.54 Å². The number of hydrogen-bond donors (Lipinski definition) is 2. The molecule has 0 aromatic carbocycles. The lowest BCUT2D eigenvalue weighted by atomic mass is 10.5. The molecular formula is C10H19N3O5. The SMILES string of the molecule is COC(CNC(=O)C(=O)NN1CCOCC1)OC. The highest BCUT2D eigenvalue weighted by Crippen LogP contribution is 1.92. The third-order valence-electron chi connectivity index (χ3n) is 2.43. The van der Waals surface area contributed by atoms with E-state index in [4.69, 9.17) is 14.2 Å². The van der Waals surface area contributed by atoms with E-state index >= 15 is 0 Å². The molecule has 0 bridgehead atoms. The monoisotopic (exact) mass is 261 g/mol. The van der Waals surface area contributed by atoms with Gasteiger partial charge in [0, 0.05) is 27.3 Å². The zero-order valence-electron chi connectivity index (χ0n) is 10.6. The first kappa shape index (κ1) is 14.8. The molecule has 0 aliphatic carbocycles. The van der Waals surface area contributed by atoms with Gasteiger partial charge in [-0.2, -0.15) is 0 Å². The summed E-state index contributed by atoms with van der Waals surface area (Å²) < 4.78 is 14.9. The highest BCUT2D eigenvalue weighted by Gasteiger charge is 2.19. The fourth-order valence-corrected chi connectivity index (χ4v) is 1.39. The molecule has 1 fully saturated rings. The van der Waals surface area contributed by atoms with Gasteiger partial charge in [0.1, 0.15) is 0 Å². The summed E-state index contributed by atoms with van der Waals surface area (Å²) in [6.07, 6.45) is -0.565. The number of hydrogen-bond acceptors (Lipinski definition) is 6. The molecule has 0 radical (unpaired) electrons. The van der Waals surface area contributed by atoms with E-state index in [9.17, 15) is 9.59 Å². The molecule has 0 aromatic heterocycles. The second-order valence-corrected chi connectivity index (χ2v) is 3.65.